The Morgan fingerprint density at radius 2 is 1.81 bits per heavy atom. The van der Waals surface area contributed by atoms with Crippen molar-refractivity contribution in [1.82, 2.24) is 0 Å². The Morgan fingerprint density at radius 3 is 2.42 bits per heavy atom. The molecule has 0 aliphatic carbocycles. The molecule has 0 aromatic rings. The number of carbonyl (C=O) groups excluding carboxylic acids is 2. The molecule has 0 N–H and O–H groups in total. The molecule has 0 aromatic carbocycles. The van der Waals surface area contributed by atoms with E-state index in [0.717, 1.165) is 38.7 Å². The molecule has 2 heterocycles. The van der Waals surface area contributed by atoms with Gasteiger partial charge in [-0.05, 0) is 39.5 Å². The number of unbranched alkanes of at least 4 members (excludes halogenated alkanes) is 2. The summed E-state index contributed by atoms with van der Waals surface area (Å²) in [6.07, 6.45) is 5.44. The Hall–Kier alpha value is -1.66. The van der Waals surface area contributed by atoms with Gasteiger partial charge in [0.2, 0.25) is 0 Å². The normalized spacial score (nSPS) is 27.5. The van der Waals surface area contributed by atoms with Crippen LogP contribution in [-0.4, -0.2) is 43.1 Å². The fourth-order valence-corrected chi connectivity index (χ4v) is 2.98. The van der Waals surface area contributed by atoms with Crippen molar-refractivity contribution in [1.29, 1.82) is 0 Å². The zero-order valence-electron chi connectivity index (χ0n) is 15.9. The highest BCUT2D eigenvalue weighted by Gasteiger charge is 2.48. The van der Waals surface area contributed by atoms with Gasteiger partial charge in [-0.1, -0.05) is 26.0 Å². The first-order valence-corrected chi connectivity index (χ1v) is 9.35. The van der Waals surface area contributed by atoms with E-state index in [9.17, 15) is 9.59 Å². The third-order valence-corrected chi connectivity index (χ3v) is 4.61. The zero-order valence-corrected chi connectivity index (χ0v) is 15.9. The number of rotatable bonds is 10. The molecular weight excluding hydrogens is 336 g/mol. The SMILES string of the molecule is C=C(C)C(=O)OC1CCCOC1(CCCCCC1CO1)OC(=O)C(=C)C. The highest BCUT2D eigenvalue weighted by molar-refractivity contribution is 5.88. The van der Waals surface area contributed by atoms with Crippen LogP contribution in [0.4, 0.5) is 0 Å². The Bertz CT molecular complexity index is 551. The summed E-state index contributed by atoms with van der Waals surface area (Å²) in [7, 11) is 0. The van der Waals surface area contributed by atoms with Crippen molar-refractivity contribution in [2.75, 3.05) is 13.2 Å². The van der Waals surface area contributed by atoms with Crippen molar-refractivity contribution >= 4 is 11.9 Å². The molecule has 2 saturated heterocycles. The van der Waals surface area contributed by atoms with E-state index < -0.39 is 23.8 Å². The second-order valence-corrected chi connectivity index (χ2v) is 7.20. The van der Waals surface area contributed by atoms with Crippen LogP contribution in [0, 0.1) is 0 Å². The summed E-state index contributed by atoms with van der Waals surface area (Å²) in [5.74, 6) is -2.29. The van der Waals surface area contributed by atoms with E-state index in [2.05, 4.69) is 13.2 Å². The van der Waals surface area contributed by atoms with Crippen LogP contribution in [0.1, 0.15) is 58.8 Å². The first-order valence-electron chi connectivity index (χ1n) is 9.35. The van der Waals surface area contributed by atoms with Crippen molar-refractivity contribution in [3.8, 4) is 0 Å². The molecule has 2 aliphatic heterocycles. The first-order chi connectivity index (χ1) is 12.3. The Kier molecular flexibility index (Phi) is 7.41. The van der Waals surface area contributed by atoms with Gasteiger partial charge in [0.05, 0.1) is 19.3 Å². The molecule has 3 unspecified atom stereocenters. The molecule has 2 rings (SSSR count). The molecule has 2 aliphatic rings. The second-order valence-electron chi connectivity index (χ2n) is 7.20. The highest BCUT2D eigenvalue weighted by Crippen LogP contribution is 2.35. The first kappa shape index (κ1) is 20.6. The minimum Gasteiger partial charge on any atom is -0.452 e. The monoisotopic (exact) mass is 366 g/mol. The largest absolute Gasteiger partial charge is 0.452 e. The summed E-state index contributed by atoms with van der Waals surface area (Å²) in [6.45, 7) is 11.8. The lowest BCUT2D eigenvalue weighted by molar-refractivity contribution is -0.291. The molecular formula is C20H30O6. The number of carbonyl (C=O) groups is 2. The van der Waals surface area contributed by atoms with Crippen molar-refractivity contribution < 1.29 is 28.5 Å². The summed E-state index contributed by atoms with van der Waals surface area (Å²) in [6, 6.07) is 0. The average Bonchev–Trinajstić information content (AvgIpc) is 3.40. The van der Waals surface area contributed by atoms with Gasteiger partial charge in [-0.2, -0.15) is 0 Å². The van der Waals surface area contributed by atoms with Crippen LogP contribution in [0.15, 0.2) is 24.3 Å². The topological polar surface area (TPSA) is 74.4 Å². The molecule has 0 saturated carbocycles. The molecule has 0 amide bonds. The lowest BCUT2D eigenvalue weighted by atomic mass is 9.95. The second kappa shape index (κ2) is 9.33. The molecule has 6 nitrogen and oxygen atoms in total. The molecule has 26 heavy (non-hydrogen) atoms. The number of esters is 2. The van der Waals surface area contributed by atoms with Crippen molar-refractivity contribution in [3.05, 3.63) is 24.3 Å². The lowest BCUT2D eigenvalue weighted by Gasteiger charge is -2.42. The van der Waals surface area contributed by atoms with E-state index in [1.165, 1.54) is 0 Å². The van der Waals surface area contributed by atoms with Crippen molar-refractivity contribution in [3.63, 3.8) is 0 Å². The maximum Gasteiger partial charge on any atom is 0.335 e. The van der Waals surface area contributed by atoms with Gasteiger partial charge < -0.3 is 18.9 Å². The average molecular weight is 366 g/mol. The third kappa shape index (κ3) is 5.95. The third-order valence-electron chi connectivity index (χ3n) is 4.61. The predicted molar refractivity (Wildman–Crippen MR) is 96.3 cm³/mol. The van der Waals surface area contributed by atoms with Gasteiger partial charge in [-0.25, -0.2) is 9.59 Å². The molecule has 0 radical (unpaired) electrons. The number of hydrogen-bond acceptors (Lipinski definition) is 6. The molecule has 0 bridgehead atoms. The maximum atomic E-state index is 12.2. The Morgan fingerprint density at radius 1 is 1.12 bits per heavy atom. The minimum atomic E-state index is -1.25. The van der Waals surface area contributed by atoms with E-state index in [4.69, 9.17) is 18.9 Å². The highest BCUT2D eigenvalue weighted by atomic mass is 16.7. The number of hydrogen-bond donors (Lipinski definition) is 0. The molecule has 146 valence electrons. The van der Waals surface area contributed by atoms with E-state index in [1.54, 1.807) is 13.8 Å². The van der Waals surface area contributed by atoms with Crippen LogP contribution in [0.25, 0.3) is 0 Å². The molecule has 6 heteroatoms. The van der Waals surface area contributed by atoms with Gasteiger partial charge in [-0.3, -0.25) is 0 Å². The van der Waals surface area contributed by atoms with Gasteiger partial charge in [0.1, 0.15) is 0 Å². The zero-order chi connectivity index (χ0) is 19.2. The Labute approximate surface area is 155 Å². The fraction of sp³-hybridized carbons (Fsp3) is 0.700. The van der Waals surface area contributed by atoms with E-state index in [1.807, 2.05) is 0 Å². The van der Waals surface area contributed by atoms with Crippen molar-refractivity contribution in [2.24, 2.45) is 0 Å². The smallest absolute Gasteiger partial charge is 0.335 e. The van der Waals surface area contributed by atoms with Crippen LogP contribution in [0.5, 0.6) is 0 Å². The van der Waals surface area contributed by atoms with Gasteiger partial charge >= 0.3 is 11.9 Å². The van der Waals surface area contributed by atoms with Gasteiger partial charge in [-0.15, -0.1) is 0 Å². The molecule has 2 fully saturated rings. The lowest BCUT2D eigenvalue weighted by Crippen LogP contribution is -2.53. The van der Waals surface area contributed by atoms with Gasteiger partial charge in [0, 0.05) is 17.6 Å². The summed E-state index contributed by atoms with van der Waals surface area (Å²) < 4.78 is 22.4. The fourth-order valence-electron chi connectivity index (χ4n) is 2.98. The van der Waals surface area contributed by atoms with Crippen molar-refractivity contribution in [2.45, 2.75) is 76.8 Å². The van der Waals surface area contributed by atoms with Crippen LogP contribution in [0.2, 0.25) is 0 Å². The van der Waals surface area contributed by atoms with E-state index >= 15 is 0 Å². The summed E-state index contributed by atoms with van der Waals surface area (Å²) in [5.41, 5.74) is 0.592. The predicted octanol–water partition coefficient (Wildman–Crippen LogP) is 3.45. The Balaban J connectivity index is 2.03. The van der Waals surface area contributed by atoms with Gasteiger partial charge in [0.15, 0.2) is 6.10 Å². The van der Waals surface area contributed by atoms with Crippen LogP contribution >= 0.6 is 0 Å². The minimum absolute atomic E-state index is 0.286. The van der Waals surface area contributed by atoms with Crippen LogP contribution in [0.3, 0.4) is 0 Å². The summed E-state index contributed by atoms with van der Waals surface area (Å²) >= 11 is 0. The number of epoxide rings is 1. The molecule has 3 atom stereocenters. The summed E-state index contributed by atoms with van der Waals surface area (Å²) in [5, 5.41) is 0. The van der Waals surface area contributed by atoms with E-state index in [-0.39, 0.29) is 5.57 Å². The van der Waals surface area contributed by atoms with Gasteiger partial charge in [0.25, 0.3) is 5.79 Å². The van der Waals surface area contributed by atoms with Crippen LogP contribution < -0.4 is 0 Å². The quantitative estimate of drug-likeness (QED) is 0.255. The molecule has 0 spiro atoms. The van der Waals surface area contributed by atoms with E-state index in [0.29, 0.717) is 31.1 Å². The summed E-state index contributed by atoms with van der Waals surface area (Å²) in [4.78, 5) is 24.2. The molecule has 0 aromatic heterocycles. The van der Waals surface area contributed by atoms with Crippen LogP contribution in [-0.2, 0) is 28.5 Å². The number of ether oxygens (including phenoxy) is 4. The standard InChI is InChI=1S/C20H30O6/c1-14(2)18(21)25-17-10-8-12-24-20(17,26-19(22)15(3)4)11-7-5-6-9-16-13-23-16/h16-17H,1,3,5-13H2,2,4H3. The maximum absolute atomic E-state index is 12.2.